The number of hydrogen-bond acceptors (Lipinski definition) is 7. The van der Waals surface area contributed by atoms with Crippen LogP contribution in [0.15, 0.2) is 109 Å². The minimum Gasteiger partial charge on any atom is -0.494 e. The quantitative estimate of drug-likeness (QED) is 0.0400. The molecule has 0 N–H and O–H groups in total. The lowest BCUT2D eigenvalue weighted by molar-refractivity contribution is 0.304. The van der Waals surface area contributed by atoms with E-state index in [4.69, 9.17) is 22.2 Å². The molecule has 1 aliphatic heterocycles. The van der Waals surface area contributed by atoms with Gasteiger partial charge in [-0.15, -0.1) is 0 Å². The SMILES string of the molecule is CCCCCCCCOc1ccc(-c2ccc(-c3ccc4c(c3)[Si](CCCCCCCC)(CCCCCCCC)c3cc(-c5ccc(-c6ccc(C)cc6)c6nsnc56)ccc3-4)c3nsnc23)cc1. The van der Waals surface area contributed by atoms with Gasteiger partial charge in [0.15, 0.2) is 0 Å². The number of unbranched alkanes of at least 4 members (excludes halogenated alkanes) is 15. The molecule has 8 aromatic rings. The van der Waals surface area contributed by atoms with Crippen LogP contribution in [0.4, 0.5) is 0 Å². The summed E-state index contributed by atoms with van der Waals surface area (Å²) < 4.78 is 26.0. The van der Waals surface area contributed by atoms with E-state index in [2.05, 4.69) is 137 Å². The molecule has 0 bridgehead atoms. The van der Waals surface area contributed by atoms with Gasteiger partial charge in [0.2, 0.25) is 0 Å². The summed E-state index contributed by atoms with van der Waals surface area (Å²) in [5.41, 5.74) is 17.6. The first kappa shape index (κ1) is 49.0. The lowest BCUT2D eigenvalue weighted by atomic mass is 9.94. The van der Waals surface area contributed by atoms with E-state index in [9.17, 15) is 0 Å². The second kappa shape index (κ2) is 23.7. The molecule has 0 atom stereocenters. The molecule has 0 amide bonds. The Morgan fingerprint density at radius 3 is 1.16 bits per heavy atom. The number of benzene rings is 6. The molecular weight excluding hydrogens is 897 g/mol. The zero-order valence-corrected chi connectivity index (χ0v) is 44.4. The number of aryl methyl sites for hydroxylation is 1. The van der Waals surface area contributed by atoms with Gasteiger partial charge in [0.1, 0.15) is 35.9 Å². The van der Waals surface area contributed by atoms with Gasteiger partial charge in [-0.2, -0.15) is 17.5 Å². The molecule has 0 saturated carbocycles. The zero-order valence-electron chi connectivity index (χ0n) is 41.8. The molecule has 2 aromatic heterocycles. The van der Waals surface area contributed by atoms with Crippen LogP contribution in [0.3, 0.4) is 0 Å². The Morgan fingerprint density at radius 2 is 0.725 bits per heavy atom. The summed E-state index contributed by atoms with van der Waals surface area (Å²) in [4.78, 5) is 0. The van der Waals surface area contributed by atoms with Crippen LogP contribution in [0.5, 0.6) is 5.75 Å². The Labute approximate surface area is 421 Å². The van der Waals surface area contributed by atoms with Crippen molar-refractivity contribution in [3.63, 3.8) is 0 Å². The summed E-state index contributed by atoms with van der Waals surface area (Å²) in [6.07, 6.45) is 23.3. The van der Waals surface area contributed by atoms with Crippen LogP contribution in [-0.2, 0) is 0 Å². The average Bonchev–Trinajstić information content (AvgIpc) is 4.14. The van der Waals surface area contributed by atoms with Gasteiger partial charge in [-0.05, 0) is 81.3 Å². The van der Waals surface area contributed by atoms with Gasteiger partial charge >= 0.3 is 0 Å². The lowest BCUT2D eigenvalue weighted by Gasteiger charge is -2.31. The molecule has 69 heavy (non-hydrogen) atoms. The summed E-state index contributed by atoms with van der Waals surface area (Å²) in [7, 11) is -2.28. The summed E-state index contributed by atoms with van der Waals surface area (Å²) in [6.45, 7) is 9.83. The largest absolute Gasteiger partial charge is 0.494 e. The van der Waals surface area contributed by atoms with Gasteiger partial charge in [0.25, 0.3) is 0 Å². The van der Waals surface area contributed by atoms with Gasteiger partial charge in [0, 0.05) is 22.3 Å². The maximum Gasteiger partial charge on any atom is 0.119 e. The standard InChI is InChI=1S/C61H72N4OS2Si/c1-5-8-11-14-17-20-39-66-49-31-27-46(28-32-49)51-36-38-53(61-59(51)63-68-65-61)48-30-34-55-54-33-29-47(52-37-35-50(58-60(52)64-67-62-58)45-25-23-44(4)24-26-45)42-56(54)69(57(55)43-48,40-21-18-15-12-9-6-2)41-22-19-16-13-10-7-3/h23-38,42-43H,5-22,39-41H2,1-4H3. The molecule has 8 heteroatoms. The molecule has 0 radical (unpaired) electrons. The molecule has 1 aliphatic rings. The van der Waals surface area contributed by atoms with E-state index < -0.39 is 8.07 Å². The molecule has 0 saturated heterocycles. The fourth-order valence-corrected chi connectivity index (χ4v) is 17.9. The second-order valence-electron chi connectivity index (χ2n) is 19.9. The van der Waals surface area contributed by atoms with E-state index in [0.29, 0.717) is 0 Å². The Kier molecular flexibility index (Phi) is 16.8. The van der Waals surface area contributed by atoms with Crippen LogP contribution in [-0.4, -0.2) is 32.2 Å². The van der Waals surface area contributed by atoms with Gasteiger partial charge < -0.3 is 4.74 Å². The van der Waals surface area contributed by atoms with Crippen LogP contribution in [0.1, 0.15) is 142 Å². The van der Waals surface area contributed by atoms with Crippen LogP contribution < -0.4 is 15.1 Å². The Balaban J connectivity index is 1.07. The zero-order chi connectivity index (χ0) is 47.4. The van der Waals surface area contributed by atoms with Gasteiger partial charge in [0.05, 0.1) is 30.1 Å². The van der Waals surface area contributed by atoms with Crippen molar-refractivity contribution in [1.29, 1.82) is 0 Å². The highest BCUT2D eigenvalue weighted by Crippen LogP contribution is 2.42. The van der Waals surface area contributed by atoms with Gasteiger partial charge in [-0.3, -0.25) is 0 Å². The minimum absolute atomic E-state index is 0.770. The molecule has 6 aromatic carbocycles. The van der Waals surface area contributed by atoms with Crippen LogP contribution in [0.2, 0.25) is 12.1 Å². The molecule has 0 spiro atoms. The third kappa shape index (κ3) is 11.0. The fraction of sp³-hybridized carbons (Fsp3) is 0.410. The molecule has 9 rings (SSSR count). The van der Waals surface area contributed by atoms with E-state index in [1.807, 2.05) is 0 Å². The summed E-state index contributed by atoms with van der Waals surface area (Å²) in [6, 6.07) is 44.0. The fourth-order valence-electron chi connectivity index (χ4n) is 11.1. The number of aromatic nitrogens is 4. The molecule has 358 valence electrons. The topological polar surface area (TPSA) is 60.8 Å². The summed E-state index contributed by atoms with van der Waals surface area (Å²) >= 11 is 2.65. The monoisotopic (exact) mass is 968 g/mol. The van der Waals surface area contributed by atoms with Crippen molar-refractivity contribution in [3.8, 4) is 61.4 Å². The van der Waals surface area contributed by atoms with Crippen molar-refractivity contribution in [2.24, 2.45) is 0 Å². The van der Waals surface area contributed by atoms with Crippen molar-refractivity contribution in [1.82, 2.24) is 17.5 Å². The van der Waals surface area contributed by atoms with Crippen molar-refractivity contribution in [2.45, 2.75) is 155 Å². The van der Waals surface area contributed by atoms with E-state index in [-0.39, 0.29) is 0 Å². The highest BCUT2D eigenvalue weighted by molar-refractivity contribution is 7.05. The van der Waals surface area contributed by atoms with Crippen LogP contribution in [0.25, 0.3) is 77.7 Å². The third-order valence-electron chi connectivity index (χ3n) is 15.0. The maximum absolute atomic E-state index is 6.16. The summed E-state index contributed by atoms with van der Waals surface area (Å²) in [5.74, 6) is 0.932. The first-order valence-electron chi connectivity index (χ1n) is 26.6. The molecule has 0 unspecified atom stereocenters. The Morgan fingerprint density at radius 1 is 0.377 bits per heavy atom. The van der Waals surface area contributed by atoms with Crippen LogP contribution >= 0.6 is 23.5 Å². The number of hydrogen-bond donors (Lipinski definition) is 0. The normalized spacial score (nSPS) is 12.8. The lowest BCUT2D eigenvalue weighted by Crippen LogP contribution is -2.55. The number of nitrogens with zero attached hydrogens (tertiary/aromatic N) is 4. The number of rotatable bonds is 26. The predicted octanol–water partition coefficient (Wildman–Crippen LogP) is 17.7. The first-order valence-corrected chi connectivity index (χ1v) is 30.5. The van der Waals surface area contributed by atoms with Gasteiger partial charge in [-0.1, -0.05) is 233 Å². The first-order chi connectivity index (χ1) is 34.0. The number of fused-ring (bicyclic) bond motifs is 5. The third-order valence-corrected chi connectivity index (χ3v) is 21.4. The number of ether oxygens (including phenoxy) is 1. The highest BCUT2D eigenvalue weighted by Gasteiger charge is 2.45. The maximum atomic E-state index is 6.16. The van der Waals surface area contributed by atoms with Crippen molar-refractivity contribution >= 4 is 64.0 Å². The van der Waals surface area contributed by atoms with Gasteiger partial charge in [-0.25, -0.2) is 0 Å². The van der Waals surface area contributed by atoms with Crippen LogP contribution in [0, 0.1) is 6.92 Å². The van der Waals surface area contributed by atoms with E-state index in [0.717, 1.165) is 57.5 Å². The Hall–Kier alpha value is -5.02. The van der Waals surface area contributed by atoms with Crippen molar-refractivity contribution in [2.75, 3.05) is 6.61 Å². The Bertz CT molecular complexity index is 2900. The average molecular weight is 969 g/mol. The molecule has 0 fully saturated rings. The second-order valence-corrected chi connectivity index (χ2v) is 25.2. The van der Waals surface area contributed by atoms with Crippen molar-refractivity contribution < 1.29 is 4.74 Å². The summed E-state index contributed by atoms with van der Waals surface area (Å²) in [5, 5.41) is 3.25. The smallest absolute Gasteiger partial charge is 0.119 e. The predicted molar refractivity (Wildman–Crippen MR) is 301 cm³/mol. The van der Waals surface area contributed by atoms with E-state index >= 15 is 0 Å². The molecular formula is C61H72N4OS2Si. The van der Waals surface area contributed by atoms with Crippen molar-refractivity contribution in [3.05, 3.63) is 115 Å². The molecule has 0 aliphatic carbocycles. The molecule has 5 nitrogen and oxygen atoms in total. The van der Waals surface area contributed by atoms with E-state index in [1.54, 1.807) is 10.4 Å². The highest BCUT2D eigenvalue weighted by atomic mass is 32.1. The minimum atomic E-state index is -2.28. The molecule has 3 heterocycles. The van der Waals surface area contributed by atoms with E-state index in [1.165, 1.54) is 189 Å².